The SMILES string of the molecule is Cn1cc(NC(=O)c2cnn3ccc(N4CCCCC4)nc23)c(C(F)F)n1. The van der Waals surface area contributed by atoms with Gasteiger partial charge < -0.3 is 10.2 Å². The third-order valence-corrected chi connectivity index (χ3v) is 4.59. The number of fused-ring (bicyclic) bond motifs is 1. The second-order valence-corrected chi connectivity index (χ2v) is 6.52. The molecule has 0 unspecified atom stereocenters. The first-order chi connectivity index (χ1) is 13.0. The van der Waals surface area contributed by atoms with Gasteiger partial charge in [0, 0.05) is 32.5 Å². The normalized spacial score (nSPS) is 14.9. The summed E-state index contributed by atoms with van der Waals surface area (Å²) in [5.41, 5.74) is 0.115. The van der Waals surface area contributed by atoms with E-state index < -0.39 is 18.0 Å². The van der Waals surface area contributed by atoms with Crippen molar-refractivity contribution in [3.05, 3.63) is 35.9 Å². The number of alkyl halides is 2. The third-order valence-electron chi connectivity index (χ3n) is 4.59. The van der Waals surface area contributed by atoms with Crippen molar-refractivity contribution in [3.8, 4) is 0 Å². The van der Waals surface area contributed by atoms with Crippen molar-refractivity contribution < 1.29 is 13.6 Å². The lowest BCUT2D eigenvalue weighted by atomic mass is 10.1. The molecule has 0 aromatic carbocycles. The van der Waals surface area contributed by atoms with Gasteiger partial charge in [-0.2, -0.15) is 10.2 Å². The van der Waals surface area contributed by atoms with Crippen molar-refractivity contribution in [2.45, 2.75) is 25.7 Å². The highest BCUT2D eigenvalue weighted by molar-refractivity contribution is 6.08. The number of carbonyl (C=O) groups excluding carboxylic acids is 1. The summed E-state index contributed by atoms with van der Waals surface area (Å²) < 4.78 is 28.9. The van der Waals surface area contributed by atoms with Gasteiger partial charge in [-0.3, -0.25) is 9.48 Å². The first-order valence-electron chi connectivity index (χ1n) is 8.75. The molecule has 1 aliphatic rings. The molecule has 0 atom stereocenters. The zero-order valence-corrected chi connectivity index (χ0v) is 14.8. The Morgan fingerprint density at radius 3 is 2.78 bits per heavy atom. The largest absolute Gasteiger partial charge is 0.357 e. The molecule has 1 amide bonds. The Morgan fingerprint density at radius 2 is 2.04 bits per heavy atom. The zero-order valence-electron chi connectivity index (χ0n) is 14.8. The molecule has 0 saturated carbocycles. The van der Waals surface area contributed by atoms with Crippen LogP contribution in [0.2, 0.25) is 0 Å². The van der Waals surface area contributed by atoms with Crippen molar-refractivity contribution in [1.29, 1.82) is 0 Å². The number of nitrogens with one attached hydrogen (secondary N) is 1. The number of piperidine rings is 1. The highest BCUT2D eigenvalue weighted by atomic mass is 19.3. The molecule has 0 aliphatic carbocycles. The standard InChI is InChI=1S/C17H19F2N7O/c1-24-10-12(14(23-24)15(18)19)21-17(27)11-9-20-26-8-5-13(22-16(11)26)25-6-3-2-4-7-25/h5,8-10,15H,2-4,6-7H2,1H3,(H,21,27). The summed E-state index contributed by atoms with van der Waals surface area (Å²) >= 11 is 0. The number of halogens is 2. The molecule has 0 bridgehead atoms. The predicted octanol–water partition coefficient (Wildman–Crippen LogP) is 2.64. The van der Waals surface area contributed by atoms with Crippen LogP contribution in [0.25, 0.3) is 5.65 Å². The fraction of sp³-hybridized carbons (Fsp3) is 0.412. The van der Waals surface area contributed by atoms with Crippen LogP contribution >= 0.6 is 0 Å². The smallest absolute Gasteiger partial charge is 0.284 e. The van der Waals surface area contributed by atoms with Crippen molar-refractivity contribution in [2.24, 2.45) is 7.05 Å². The van der Waals surface area contributed by atoms with Crippen LogP contribution < -0.4 is 10.2 Å². The maximum absolute atomic E-state index is 13.1. The number of amides is 1. The Kier molecular flexibility index (Phi) is 4.46. The van der Waals surface area contributed by atoms with Crippen molar-refractivity contribution in [3.63, 3.8) is 0 Å². The van der Waals surface area contributed by atoms with Crippen LogP contribution in [-0.4, -0.2) is 43.4 Å². The Morgan fingerprint density at radius 1 is 1.26 bits per heavy atom. The highest BCUT2D eigenvalue weighted by Gasteiger charge is 2.22. The highest BCUT2D eigenvalue weighted by Crippen LogP contribution is 2.26. The molecule has 1 aliphatic heterocycles. The minimum absolute atomic E-state index is 0.0240. The monoisotopic (exact) mass is 375 g/mol. The molecule has 1 fully saturated rings. The van der Waals surface area contributed by atoms with Crippen LogP contribution in [0.5, 0.6) is 0 Å². The van der Waals surface area contributed by atoms with Gasteiger partial charge in [-0.05, 0) is 25.3 Å². The quantitative estimate of drug-likeness (QED) is 0.758. The van der Waals surface area contributed by atoms with E-state index >= 15 is 0 Å². The van der Waals surface area contributed by atoms with Gasteiger partial charge in [0.05, 0.1) is 11.9 Å². The Bertz CT molecular complexity index is 975. The van der Waals surface area contributed by atoms with Gasteiger partial charge in [0.2, 0.25) is 0 Å². The van der Waals surface area contributed by atoms with Gasteiger partial charge in [-0.15, -0.1) is 0 Å². The van der Waals surface area contributed by atoms with E-state index in [9.17, 15) is 13.6 Å². The van der Waals surface area contributed by atoms with E-state index in [1.807, 2.05) is 6.07 Å². The number of hydrogen-bond donors (Lipinski definition) is 1. The van der Waals surface area contributed by atoms with Crippen LogP contribution in [-0.2, 0) is 7.05 Å². The maximum Gasteiger partial charge on any atom is 0.284 e. The van der Waals surface area contributed by atoms with E-state index in [4.69, 9.17) is 0 Å². The number of hydrogen-bond acceptors (Lipinski definition) is 5. The van der Waals surface area contributed by atoms with Gasteiger partial charge in [-0.1, -0.05) is 0 Å². The van der Waals surface area contributed by atoms with Crippen LogP contribution in [0.3, 0.4) is 0 Å². The molecule has 0 spiro atoms. The van der Waals surface area contributed by atoms with Gasteiger partial charge in [0.1, 0.15) is 11.4 Å². The van der Waals surface area contributed by atoms with Crippen molar-refractivity contribution >= 4 is 23.1 Å². The van der Waals surface area contributed by atoms with Crippen LogP contribution in [0.15, 0.2) is 24.7 Å². The van der Waals surface area contributed by atoms with Crippen LogP contribution in [0, 0.1) is 0 Å². The van der Waals surface area contributed by atoms with E-state index in [1.165, 1.54) is 35.1 Å². The number of aromatic nitrogens is 5. The average molecular weight is 375 g/mol. The van der Waals surface area contributed by atoms with Crippen molar-refractivity contribution in [2.75, 3.05) is 23.3 Å². The fourth-order valence-corrected chi connectivity index (χ4v) is 3.27. The first-order valence-corrected chi connectivity index (χ1v) is 8.75. The number of rotatable bonds is 4. The minimum Gasteiger partial charge on any atom is -0.357 e. The molecule has 3 aromatic heterocycles. The Balaban J connectivity index is 1.64. The summed E-state index contributed by atoms with van der Waals surface area (Å²) in [4.78, 5) is 19.4. The number of aryl methyl sites for hydroxylation is 1. The molecule has 27 heavy (non-hydrogen) atoms. The summed E-state index contributed by atoms with van der Waals surface area (Å²) in [6.07, 6.45) is 5.12. The maximum atomic E-state index is 13.1. The molecule has 8 nitrogen and oxygen atoms in total. The number of nitrogens with zero attached hydrogens (tertiary/aromatic N) is 6. The molecule has 0 radical (unpaired) electrons. The molecule has 4 heterocycles. The van der Waals surface area contributed by atoms with Gasteiger partial charge in [0.25, 0.3) is 12.3 Å². The lowest BCUT2D eigenvalue weighted by molar-refractivity contribution is 0.102. The number of carbonyl (C=O) groups is 1. The van der Waals surface area contributed by atoms with E-state index in [-0.39, 0.29) is 11.3 Å². The average Bonchev–Trinajstić information content (AvgIpc) is 3.25. The lowest BCUT2D eigenvalue weighted by Crippen LogP contribution is -2.30. The van der Waals surface area contributed by atoms with E-state index in [2.05, 4.69) is 25.4 Å². The topological polar surface area (TPSA) is 80.4 Å². The van der Waals surface area contributed by atoms with E-state index in [1.54, 1.807) is 6.20 Å². The van der Waals surface area contributed by atoms with Gasteiger partial charge in [-0.25, -0.2) is 18.3 Å². The summed E-state index contributed by atoms with van der Waals surface area (Å²) in [6, 6.07) is 1.86. The van der Waals surface area contributed by atoms with Crippen LogP contribution in [0.1, 0.15) is 41.7 Å². The summed E-state index contributed by atoms with van der Waals surface area (Å²) in [6.45, 7) is 1.85. The molecular weight excluding hydrogens is 356 g/mol. The van der Waals surface area contributed by atoms with Gasteiger partial charge in [0.15, 0.2) is 11.3 Å². The molecule has 142 valence electrons. The summed E-state index contributed by atoms with van der Waals surface area (Å²) in [5.74, 6) is 0.231. The number of anilines is 2. The van der Waals surface area contributed by atoms with E-state index in [0.717, 1.165) is 31.7 Å². The fourth-order valence-electron chi connectivity index (χ4n) is 3.27. The summed E-state index contributed by atoms with van der Waals surface area (Å²) in [5, 5.41) is 10.3. The molecule has 3 aromatic rings. The molecule has 10 heteroatoms. The van der Waals surface area contributed by atoms with Crippen LogP contribution in [0.4, 0.5) is 20.3 Å². The Hall–Kier alpha value is -3.04. The predicted molar refractivity (Wildman–Crippen MR) is 95.2 cm³/mol. The van der Waals surface area contributed by atoms with Gasteiger partial charge >= 0.3 is 0 Å². The Labute approximate surface area is 153 Å². The molecule has 1 N–H and O–H groups in total. The lowest BCUT2D eigenvalue weighted by Gasteiger charge is -2.27. The summed E-state index contributed by atoms with van der Waals surface area (Å²) in [7, 11) is 1.52. The third kappa shape index (κ3) is 3.34. The molecule has 1 saturated heterocycles. The first kappa shape index (κ1) is 17.4. The minimum atomic E-state index is -2.78. The second-order valence-electron chi connectivity index (χ2n) is 6.52. The van der Waals surface area contributed by atoms with Crippen molar-refractivity contribution in [1.82, 2.24) is 24.4 Å². The molecule has 4 rings (SSSR count). The molecular formula is C17H19F2N7O. The zero-order chi connectivity index (χ0) is 19.0. The van der Waals surface area contributed by atoms with E-state index in [0.29, 0.717) is 5.65 Å². The second kappa shape index (κ2) is 6.93.